The second-order valence-electron chi connectivity index (χ2n) is 11.4. The number of carbonyl (C=O) groups excluding carboxylic acids is 2. The van der Waals surface area contributed by atoms with Gasteiger partial charge >= 0.3 is 5.97 Å². The molecule has 0 aromatic heterocycles. The number of hydrazine groups is 1. The van der Waals surface area contributed by atoms with Gasteiger partial charge in [0.1, 0.15) is 0 Å². The zero-order valence-corrected chi connectivity index (χ0v) is 25.8. The van der Waals surface area contributed by atoms with Crippen molar-refractivity contribution in [1.82, 2.24) is 9.84 Å². The fraction of sp³-hybridized carbons (Fsp3) is 0.206. The third-order valence-electron chi connectivity index (χ3n) is 6.98. The number of rotatable bonds is 10. The van der Waals surface area contributed by atoms with Crippen LogP contribution >= 0.6 is 0 Å². The topological polar surface area (TPSA) is 133 Å². The third-order valence-corrected chi connectivity index (χ3v) is 8.31. The molecule has 3 N–H and O–H groups in total. The van der Waals surface area contributed by atoms with E-state index in [1.807, 2.05) is 63.2 Å². The third kappa shape index (κ3) is 7.97. The number of amides is 2. The average molecular weight is 614 g/mol. The van der Waals surface area contributed by atoms with Gasteiger partial charge in [0.2, 0.25) is 5.91 Å². The number of hydrogen-bond acceptors (Lipinski definition) is 5. The molecule has 0 aliphatic carbocycles. The number of anilines is 1. The average Bonchev–Trinajstić information content (AvgIpc) is 2.98. The van der Waals surface area contributed by atoms with Crippen molar-refractivity contribution < 1.29 is 27.9 Å². The SMILES string of the molecule is CC(=O)Nc1cccc(C(=O)N(NS(=O)(=O)c2ccc(C(C)(C)C)cc2)C(Cc2ccc(-c3ccccc3)cc2)C(=O)O)c1. The van der Waals surface area contributed by atoms with Crippen LogP contribution in [0.25, 0.3) is 11.1 Å². The van der Waals surface area contributed by atoms with Crippen LogP contribution < -0.4 is 10.1 Å². The summed E-state index contributed by atoms with van der Waals surface area (Å²) in [4.78, 5) is 40.3. The zero-order chi connectivity index (χ0) is 32.1. The molecule has 9 nitrogen and oxygen atoms in total. The normalized spacial score (nSPS) is 12.3. The van der Waals surface area contributed by atoms with Crippen molar-refractivity contribution >= 4 is 33.5 Å². The van der Waals surface area contributed by atoms with Gasteiger partial charge in [-0.05, 0) is 58.0 Å². The van der Waals surface area contributed by atoms with Gasteiger partial charge in [-0.15, -0.1) is 4.83 Å². The van der Waals surface area contributed by atoms with Gasteiger partial charge in [0, 0.05) is 24.6 Å². The molecule has 0 heterocycles. The van der Waals surface area contributed by atoms with Crippen molar-refractivity contribution in [3.8, 4) is 11.1 Å². The lowest BCUT2D eigenvalue weighted by Crippen LogP contribution is -2.55. The Labute approximate surface area is 257 Å². The van der Waals surface area contributed by atoms with Crippen molar-refractivity contribution in [3.05, 3.63) is 120 Å². The summed E-state index contributed by atoms with van der Waals surface area (Å²) in [6, 6.07) is 27.2. The summed E-state index contributed by atoms with van der Waals surface area (Å²) in [6.45, 7) is 7.29. The predicted molar refractivity (Wildman–Crippen MR) is 169 cm³/mol. The summed E-state index contributed by atoms with van der Waals surface area (Å²) in [5.41, 5.74) is 3.44. The first kappa shape index (κ1) is 32.1. The maximum absolute atomic E-state index is 13.9. The van der Waals surface area contributed by atoms with E-state index in [1.54, 1.807) is 30.3 Å². The fourth-order valence-corrected chi connectivity index (χ4v) is 5.68. The highest BCUT2D eigenvalue weighted by atomic mass is 32.2. The van der Waals surface area contributed by atoms with E-state index in [0.717, 1.165) is 16.7 Å². The van der Waals surface area contributed by atoms with Crippen molar-refractivity contribution in [2.45, 2.75) is 50.5 Å². The lowest BCUT2D eigenvalue weighted by Gasteiger charge is -2.29. The molecule has 0 spiro atoms. The summed E-state index contributed by atoms with van der Waals surface area (Å²) in [5.74, 6) is -2.68. The number of carboxylic acid groups (broad SMARTS) is 1. The highest BCUT2D eigenvalue weighted by molar-refractivity contribution is 7.89. The number of hydrogen-bond donors (Lipinski definition) is 3. The van der Waals surface area contributed by atoms with E-state index in [-0.39, 0.29) is 28.2 Å². The molecule has 0 aliphatic rings. The monoisotopic (exact) mass is 613 g/mol. The largest absolute Gasteiger partial charge is 0.480 e. The first-order valence-corrected chi connectivity index (χ1v) is 15.4. The van der Waals surface area contributed by atoms with E-state index >= 15 is 0 Å². The fourth-order valence-electron chi connectivity index (χ4n) is 4.61. The molecule has 0 saturated heterocycles. The quantitative estimate of drug-likeness (QED) is 0.198. The molecular formula is C34H35N3O6S. The van der Waals surface area contributed by atoms with Gasteiger partial charge in [-0.2, -0.15) is 0 Å². The molecule has 4 aromatic carbocycles. The number of benzene rings is 4. The smallest absolute Gasteiger partial charge is 0.328 e. The number of aliphatic carboxylic acids is 1. The molecule has 4 aromatic rings. The van der Waals surface area contributed by atoms with Crippen molar-refractivity contribution in [3.63, 3.8) is 0 Å². The summed E-state index contributed by atoms with van der Waals surface area (Å²) in [5, 5.41) is 13.5. The molecule has 0 fully saturated rings. The molecule has 4 rings (SSSR count). The van der Waals surface area contributed by atoms with E-state index in [1.165, 1.54) is 37.3 Å². The standard InChI is InChI=1S/C34H35N3O6S/c1-23(38)35-29-12-8-11-27(22-29)32(39)37(36-44(42,43)30-19-17-28(18-20-30)34(2,3)4)31(33(40)41)21-24-13-15-26(16-14-24)25-9-6-5-7-10-25/h5-20,22,31,36H,21H2,1-4H3,(H,35,38)(H,40,41). The van der Waals surface area contributed by atoms with Crippen molar-refractivity contribution in [1.29, 1.82) is 0 Å². The Hall–Kier alpha value is -4.80. The Morgan fingerprint density at radius 3 is 2.00 bits per heavy atom. The van der Waals surface area contributed by atoms with Gasteiger partial charge in [-0.3, -0.25) is 9.59 Å². The molecule has 10 heteroatoms. The Kier molecular flexibility index (Phi) is 9.66. The Morgan fingerprint density at radius 2 is 1.43 bits per heavy atom. The highest BCUT2D eigenvalue weighted by Crippen LogP contribution is 2.25. The first-order chi connectivity index (χ1) is 20.7. The van der Waals surface area contributed by atoms with E-state index in [0.29, 0.717) is 16.3 Å². The summed E-state index contributed by atoms with van der Waals surface area (Å²) >= 11 is 0. The van der Waals surface area contributed by atoms with E-state index in [9.17, 15) is 27.9 Å². The molecule has 228 valence electrons. The van der Waals surface area contributed by atoms with Gasteiger partial charge < -0.3 is 10.4 Å². The maximum Gasteiger partial charge on any atom is 0.328 e. The van der Waals surface area contributed by atoms with Crippen LogP contribution in [0.5, 0.6) is 0 Å². The number of nitrogens with one attached hydrogen (secondary N) is 2. The Morgan fingerprint density at radius 1 is 0.818 bits per heavy atom. The van der Waals surface area contributed by atoms with Crippen LogP contribution in [0.1, 0.15) is 49.2 Å². The second-order valence-corrected chi connectivity index (χ2v) is 13.1. The molecule has 0 saturated carbocycles. The molecule has 1 atom stereocenters. The van der Waals surface area contributed by atoms with Gasteiger partial charge in [0.05, 0.1) is 4.90 Å². The first-order valence-electron chi connectivity index (χ1n) is 14.0. The predicted octanol–water partition coefficient (Wildman–Crippen LogP) is 5.64. The lowest BCUT2D eigenvalue weighted by molar-refractivity contribution is -0.142. The second kappa shape index (κ2) is 13.2. The van der Waals surface area contributed by atoms with E-state index in [2.05, 4.69) is 10.1 Å². The molecular weight excluding hydrogens is 578 g/mol. The summed E-state index contributed by atoms with van der Waals surface area (Å²) in [6.07, 6.45) is -0.187. The molecule has 44 heavy (non-hydrogen) atoms. The van der Waals surface area contributed by atoms with Crippen LogP contribution in [-0.2, 0) is 31.4 Å². The Balaban J connectivity index is 1.71. The molecule has 0 bridgehead atoms. The van der Waals surface area contributed by atoms with Crippen LogP contribution in [0.3, 0.4) is 0 Å². The number of nitrogens with zero attached hydrogens (tertiary/aromatic N) is 1. The highest BCUT2D eigenvalue weighted by Gasteiger charge is 2.35. The lowest BCUT2D eigenvalue weighted by atomic mass is 9.87. The minimum absolute atomic E-state index is 0.0206. The molecule has 1 unspecified atom stereocenters. The van der Waals surface area contributed by atoms with Gasteiger partial charge in [-0.25, -0.2) is 18.2 Å². The number of carbonyl (C=O) groups is 3. The van der Waals surface area contributed by atoms with Crippen molar-refractivity contribution in [2.24, 2.45) is 0 Å². The maximum atomic E-state index is 13.9. The Bertz CT molecular complexity index is 1750. The van der Waals surface area contributed by atoms with Crippen LogP contribution in [0.15, 0.2) is 108 Å². The molecule has 0 aliphatic heterocycles. The number of sulfonamides is 1. The molecule has 2 amide bonds. The molecule has 0 radical (unpaired) electrons. The minimum Gasteiger partial charge on any atom is -0.480 e. The zero-order valence-electron chi connectivity index (χ0n) is 24.9. The van der Waals surface area contributed by atoms with Crippen LogP contribution in [0, 0.1) is 0 Å². The van der Waals surface area contributed by atoms with Gasteiger partial charge in [0.25, 0.3) is 15.9 Å². The van der Waals surface area contributed by atoms with E-state index in [4.69, 9.17) is 0 Å². The van der Waals surface area contributed by atoms with Crippen LogP contribution in [0.2, 0.25) is 0 Å². The van der Waals surface area contributed by atoms with Crippen LogP contribution in [0.4, 0.5) is 5.69 Å². The van der Waals surface area contributed by atoms with E-state index < -0.39 is 27.9 Å². The number of carboxylic acids is 1. The summed E-state index contributed by atoms with van der Waals surface area (Å²) in [7, 11) is -4.40. The van der Waals surface area contributed by atoms with Gasteiger partial charge in [0.15, 0.2) is 6.04 Å². The van der Waals surface area contributed by atoms with Gasteiger partial charge in [-0.1, -0.05) is 93.6 Å². The minimum atomic E-state index is -4.40. The van der Waals surface area contributed by atoms with Crippen LogP contribution in [-0.4, -0.2) is 42.4 Å². The van der Waals surface area contributed by atoms with Crippen molar-refractivity contribution in [2.75, 3.05) is 5.32 Å². The summed E-state index contributed by atoms with van der Waals surface area (Å²) < 4.78 is 27.2.